The van der Waals surface area contributed by atoms with Crippen LogP contribution in [0.3, 0.4) is 0 Å². The summed E-state index contributed by atoms with van der Waals surface area (Å²) in [5, 5.41) is 5.86. The molecule has 1 N–H and O–H groups in total. The molecule has 2 aromatic rings. The number of thiazole rings is 1. The van der Waals surface area contributed by atoms with Crippen LogP contribution in [0.15, 0.2) is 35.7 Å². The number of hydrogen-bond acceptors (Lipinski definition) is 5. The standard InChI is InChI=1S/C19H23N3O2S/c23-17(16-13-25-18(21-16)15-5-2-1-3-6-15)20-14-19(7-4-8-19)22-9-11-24-12-10-22/h1-3,5-6,13H,4,7-12,14H2,(H,20,23). The molecule has 0 bridgehead atoms. The summed E-state index contributed by atoms with van der Waals surface area (Å²) in [7, 11) is 0. The lowest BCUT2D eigenvalue weighted by molar-refractivity contribution is -0.0540. The SMILES string of the molecule is O=C(NCC1(N2CCOCC2)CCC1)c1csc(-c2ccccc2)n1. The molecule has 1 amide bonds. The Morgan fingerprint density at radius 3 is 2.68 bits per heavy atom. The Bertz CT molecular complexity index is 721. The molecule has 2 aliphatic rings. The molecular weight excluding hydrogens is 334 g/mol. The van der Waals surface area contributed by atoms with E-state index in [-0.39, 0.29) is 11.4 Å². The zero-order valence-corrected chi connectivity index (χ0v) is 15.1. The van der Waals surface area contributed by atoms with Gasteiger partial charge in [0, 0.05) is 36.1 Å². The molecule has 0 atom stereocenters. The largest absolute Gasteiger partial charge is 0.379 e. The highest BCUT2D eigenvalue weighted by Crippen LogP contribution is 2.37. The second-order valence-electron chi connectivity index (χ2n) is 6.76. The fourth-order valence-corrected chi connectivity index (χ4v) is 4.46. The quantitative estimate of drug-likeness (QED) is 0.894. The van der Waals surface area contributed by atoms with Crippen LogP contribution in [0.4, 0.5) is 0 Å². The van der Waals surface area contributed by atoms with Crippen LogP contribution in [0.5, 0.6) is 0 Å². The Morgan fingerprint density at radius 1 is 1.24 bits per heavy atom. The average molecular weight is 357 g/mol. The van der Waals surface area contributed by atoms with E-state index in [1.807, 2.05) is 35.7 Å². The second kappa shape index (κ2) is 7.23. The van der Waals surface area contributed by atoms with Crippen LogP contribution in [0.2, 0.25) is 0 Å². The molecule has 1 aromatic heterocycles. The molecule has 6 heteroatoms. The van der Waals surface area contributed by atoms with E-state index in [4.69, 9.17) is 4.74 Å². The maximum absolute atomic E-state index is 12.5. The fraction of sp³-hybridized carbons (Fsp3) is 0.474. The van der Waals surface area contributed by atoms with Crippen molar-refractivity contribution in [3.63, 3.8) is 0 Å². The van der Waals surface area contributed by atoms with E-state index in [0.717, 1.165) is 49.7 Å². The van der Waals surface area contributed by atoms with Crippen molar-refractivity contribution in [3.8, 4) is 10.6 Å². The van der Waals surface area contributed by atoms with Crippen molar-refractivity contribution in [1.82, 2.24) is 15.2 Å². The minimum Gasteiger partial charge on any atom is -0.379 e. The lowest BCUT2D eigenvalue weighted by atomic mass is 9.75. The Kier molecular flexibility index (Phi) is 4.83. The maximum Gasteiger partial charge on any atom is 0.270 e. The van der Waals surface area contributed by atoms with Crippen molar-refractivity contribution in [2.24, 2.45) is 0 Å². The van der Waals surface area contributed by atoms with Crippen LogP contribution in [0, 0.1) is 0 Å². The monoisotopic (exact) mass is 357 g/mol. The average Bonchev–Trinajstić information content (AvgIpc) is 3.13. The molecule has 2 heterocycles. The van der Waals surface area contributed by atoms with Crippen molar-refractivity contribution in [1.29, 1.82) is 0 Å². The van der Waals surface area contributed by atoms with E-state index < -0.39 is 0 Å². The van der Waals surface area contributed by atoms with E-state index in [9.17, 15) is 4.79 Å². The summed E-state index contributed by atoms with van der Waals surface area (Å²) in [6, 6.07) is 9.98. The van der Waals surface area contributed by atoms with Gasteiger partial charge < -0.3 is 10.1 Å². The van der Waals surface area contributed by atoms with Gasteiger partial charge in [-0.15, -0.1) is 11.3 Å². The van der Waals surface area contributed by atoms with Crippen molar-refractivity contribution < 1.29 is 9.53 Å². The molecule has 1 saturated carbocycles. The lowest BCUT2D eigenvalue weighted by Gasteiger charge is -2.51. The van der Waals surface area contributed by atoms with Gasteiger partial charge in [0.1, 0.15) is 10.7 Å². The number of carbonyl (C=O) groups is 1. The minimum absolute atomic E-state index is 0.0713. The highest BCUT2D eigenvalue weighted by molar-refractivity contribution is 7.13. The molecule has 5 nitrogen and oxygen atoms in total. The molecule has 25 heavy (non-hydrogen) atoms. The summed E-state index contributed by atoms with van der Waals surface area (Å²) in [6.07, 6.45) is 3.54. The van der Waals surface area contributed by atoms with Gasteiger partial charge in [-0.1, -0.05) is 30.3 Å². The van der Waals surface area contributed by atoms with Crippen LogP contribution >= 0.6 is 11.3 Å². The first-order valence-corrected chi connectivity index (χ1v) is 9.77. The van der Waals surface area contributed by atoms with E-state index in [1.54, 1.807) is 0 Å². The van der Waals surface area contributed by atoms with Crippen molar-refractivity contribution in [2.75, 3.05) is 32.8 Å². The summed E-state index contributed by atoms with van der Waals surface area (Å²) >= 11 is 1.51. The normalized spacial score (nSPS) is 20.0. The van der Waals surface area contributed by atoms with Crippen LogP contribution < -0.4 is 5.32 Å². The molecule has 2 fully saturated rings. The number of nitrogens with zero attached hydrogens (tertiary/aromatic N) is 2. The predicted molar refractivity (Wildman–Crippen MR) is 98.9 cm³/mol. The fourth-order valence-electron chi connectivity index (χ4n) is 3.65. The van der Waals surface area contributed by atoms with Gasteiger partial charge in [0.2, 0.25) is 0 Å². The summed E-state index contributed by atoms with van der Waals surface area (Å²) in [6.45, 7) is 4.21. The summed E-state index contributed by atoms with van der Waals surface area (Å²) in [5.41, 5.74) is 1.69. The Balaban J connectivity index is 1.39. The lowest BCUT2D eigenvalue weighted by Crippen LogP contribution is -2.62. The highest BCUT2D eigenvalue weighted by Gasteiger charge is 2.43. The zero-order valence-electron chi connectivity index (χ0n) is 14.2. The summed E-state index contributed by atoms with van der Waals surface area (Å²) in [5.74, 6) is -0.0713. The molecule has 1 aromatic carbocycles. The van der Waals surface area contributed by atoms with Gasteiger partial charge in [-0.05, 0) is 19.3 Å². The zero-order chi connectivity index (χ0) is 17.1. The first-order valence-electron chi connectivity index (χ1n) is 8.89. The molecule has 1 aliphatic carbocycles. The number of aromatic nitrogens is 1. The van der Waals surface area contributed by atoms with Crippen molar-refractivity contribution in [3.05, 3.63) is 41.4 Å². The molecular formula is C19H23N3O2S. The summed E-state index contributed by atoms with van der Waals surface area (Å²) in [4.78, 5) is 19.6. The predicted octanol–water partition coefficient (Wildman–Crippen LogP) is 2.79. The number of nitrogens with one attached hydrogen (secondary N) is 1. The van der Waals surface area contributed by atoms with Gasteiger partial charge in [-0.25, -0.2) is 4.98 Å². The summed E-state index contributed by atoms with van der Waals surface area (Å²) < 4.78 is 5.47. The minimum atomic E-state index is -0.0713. The van der Waals surface area contributed by atoms with Crippen molar-refractivity contribution in [2.45, 2.75) is 24.8 Å². The van der Waals surface area contributed by atoms with Gasteiger partial charge in [-0.2, -0.15) is 0 Å². The second-order valence-corrected chi connectivity index (χ2v) is 7.62. The topological polar surface area (TPSA) is 54.5 Å². The molecule has 0 radical (unpaired) electrons. The first kappa shape index (κ1) is 16.7. The molecule has 4 rings (SSSR count). The van der Waals surface area contributed by atoms with Gasteiger partial charge in [0.15, 0.2) is 0 Å². The third-order valence-corrected chi connectivity index (χ3v) is 6.19. The van der Waals surface area contributed by atoms with Crippen molar-refractivity contribution >= 4 is 17.2 Å². The van der Waals surface area contributed by atoms with E-state index in [1.165, 1.54) is 17.8 Å². The number of carbonyl (C=O) groups excluding carboxylic acids is 1. The number of hydrogen-bond donors (Lipinski definition) is 1. The van der Waals surface area contributed by atoms with Crippen LogP contribution in [-0.4, -0.2) is 54.2 Å². The molecule has 1 aliphatic heterocycles. The van der Waals surface area contributed by atoms with Crippen LogP contribution in [0.1, 0.15) is 29.8 Å². The molecule has 0 unspecified atom stereocenters. The van der Waals surface area contributed by atoms with E-state index >= 15 is 0 Å². The van der Waals surface area contributed by atoms with Gasteiger partial charge in [-0.3, -0.25) is 9.69 Å². The van der Waals surface area contributed by atoms with Gasteiger partial charge >= 0.3 is 0 Å². The van der Waals surface area contributed by atoms with E-state index in [0.29, 0.717) is 12.2 Å². The highest BCUT2D eigenvalue weighted by atomic mass is 32.1. The Hall–Kier alpha value is -1.76. The van der Waals surface area contributed by atoms with Gasteiger partial charge in [0.25, 0.3) is 5.91 Å². The van der Waals surface area contributed by atoms with Gasteiger partial charge in [0.05, 0.1) is 13.2 Å². The molecule has 0 spiro atoms. The Labute approximate surface area is 152 Å². The van der Waals surface area contributed by atoms with Crippen LogP contribution in [-0.2, 0) is 4.74 Å². The van der Waals surface area contributed by atoms with Crippen LogP contribution in [0.25, 0.3) is 10.6 Å². The smallest absolute Gasteiger partial charge is 0.270 e. The third-order valence-electron chi connectivity index (χ3n) is 5.30. The number of amides is 1. The number of rotatable bonds is 5. The number of morpholine rings is 1. The third kappa shape index (κ3) is 3.47. The maximum atomic E-state index is 12.5. The molecule has 132 valence electrons. The van der Waals surface area contributed by atoms with E-state index in [2.05, 4.69) is 15.2 Å². The number of ether oxygens (including phenoxy) is 1. The molecule has 1 saturated heterocycles. The first-order chi connectivity index (χ1) is 12.3. The Morgan fingerprint density at radius 2 is 2.00 bits per heavy atom. The number of benzene rings is 1.